The maximum atomic E-state index is 11.6. The van der Waals surface area contributed by atoms with Crippen LogP contribution in [-0.2, 0) is 11.2 Å². The van der Waals surface area contributed by atoms with E-state index in [0.717, 1.165) is 30.0 Å². The van der Waals surface area contributed by atoms with E-state index in [1.165, 1.54) is 5.56 Å². The minimum absolute atomic E-state index is 0.0482. The second-order valence-corrected chi connectivity index (χ2v) is 4.54. The molecule has 1 unspecified atom stereocenters. The van der Waals surface area contributed by atoms with Gasteiger partial charge < -0.3 is 14.4 Å². The zero-order chi connectivity index (χ0) is 13.3. The predicted octanol–water partition coefficient (Wildman–Crippen LogP) is 2.17. The van der Waals surface area contributed by atoms with Crippen LogP contribution in [0.15, 0.2) is 12.1 Å². The summed E-state index contributed by atoms with van der Waals surface area (Å²) in [6, 6.07) is 3.96. The topological polar surface area (TPSA) is 38.8 Å². The van der Waals surface area contributed by atoms with Crippen molar-refractivity contribution >= 4 is 5.91 Å². The van der Waals surface area contributed by atoms with Crippen LogP contribution in [0, 0.1) is 0 Å². The van der Waals surface area contributed by atoms with Crippen LogP contribution in [0.1, 0.15) is 31.0 Å². The number of nitrogens with zero attached hydrogens (tertiary/aromatic N) is 1. The Morgan fingerprint density at radius 2 is 2.06 bits per heavy atom. The van der Waals surface area contributed by atoms with Gasteiger partial charge in [-0.2, -0.15) is 0 Å². The first-order valence-electron chi connectivity index (χ1n) is 6.10. The highest BCUT2D eigenvalue weighted by Crippen LogP contribution is 2.39. The van der Waals surface area contributed by atoms with Gasteiger partial charge in [-0.3, -0.25) is 4.79 Å². The third-order valence-corrected chi connectivity index (χ3v) is 3.57. The Bertz CT molecular complexity index is 453. The average Bonchev–Trinajstić information content (AvgIpc) is 2.37. The van der Waals surface area contributed by atoms with Crippen LogP contribution in [0.2, 0.25) is 0 Å². The van der Waals surface area contributed by atoms with Crippen molar-refractivity contribution in [2.24, 2.45) is 0 Å². The third kappa shape index (κ3) is 2.03. The summed E-state index contributed by atoms with van der Waals surface area (Å²) in [5.74, 6) is 1.70. The van der Waals surface area contributed by atoms with Crippen molar-refractivity contribution in [3.05, 3.63) is 23.3 Å². The lowest BCUT2D eigenvalue weighted by atomic mass is 9.92. The molecule has 1 aliphatic heterocycles. The van der Waals surface area contributed by atoms with E-state index in [4.69, 9.17) is 9.47 Å². The van der Waals surface area contributed by atoms with Gasteiger partial charge in [0.15, 0.2) is 0 Å². The molecule has 1 heterocycles. The highest BCUT2D eigenvalue weighted by Gasteiger charge is 2.29. The average molecular weight is 249 g/mol. The van der Waals surface area contributed by atoms with Crippen molar-refractivity contribution in [3.8, 4) is 11.5 Å². The summed E-state index contributed by atoms with van der Waals surface area (Å²) in [4.78, 5) is 13.5. The summed E-state index contributed by atoms with van der Waals surface area (Å²) >= 11 is 0. The van der Waals surface area contributed by atoms with Crippen molar-refractivity contribution in [2.75, 3.05) is 20.8 Å². The number of ether oxygens (including phenoxy) is 2. The summed E-state index contributed by atoms with van der Waals surface area (Å²) < 4.78 is 10.7. The monoisotopic (exact) mass is 249 g/mol. The van der Waals surface area contributed by atoms with Crippen LogP contribution in [0.25, 0.3) is 0 Å². The van der Waals surface area contributed by atoms with Crippen LogP contribution < -0.4 is 9.47 Å². The van der Waals surface area contributed by atoms with E-state index in [2.05, 4.69) is 0 Å². The van der Waals surface area contributed by atoms with E-state index in [1.54, 1.807) is 21.1 Å². The van der Waals surface area contributed by atoms with Crippen LogP contribution in [-0.4, -0.2) is 31.6 Å². The molecule has 4 nitrogen and oxygen atoms in total. The lowest BCUT2D eigenvalue weighted by Crippen LogP contribution is -2.37. The van der Waals surface area contributed by atoms with Crippen molar-refractivity contribution in [1.29, 1.82) is 0 Å². The fraction of sp³-hybridized carbons (Fsp3) is 0.500. The van der Waals surface area contributed by atoms with Gasteiger partial charge in [0.1, 0.15) is 11.5 Å². The van der Waals surface area contributed by atoms with Crippen molar-refractivity contribution in [2.45, 2.75) is 26.3 Å². The second kappa shape index (κ2) is 4.88. The Morgan fingerprint density at radius 3 is 2.61 bits per heavy atom. The predicted molar refractivity (Wildman–Crippen MR) is 69.1 cm³/mol. The Hall–Kier alpha value is -1.71. The molecule has 0 radical (unpaired) electrons. The molecule has 0 bridgehead atoms. The Morgan fingerprint density at radius 1 is 1.33 bits per heavy atom. The minimum atomic E-state index is 0.0482. The number of carbonyl (C=O) groups is 1. The number of amides is 1. The van der Waals surface area contributed by atoms with Gasteiger partial charge in [0.05, 0.1) is 20.3 Å². The van der Waals surface area contributed by atoms with Crippen LogP contribution in [0.4, 0.5) is 0 Å². The standard InChI is InChI=1S/C14H19NO3/c1-9-14-11(5-6-15(9)10(2)16)7-12(17-3)8-13(14)18-4/h7-9H,5-6H2,1-4H3. The molecule has 98 valence electrons. The summed E-state index contributed by atoms with van der Waals surface area (Å²) in [5.41, 5.74) is 2.30. The first-order valence-corrected chi connectivity index (χ1v) is 6.10. The molecule has 0 fully saturated rings. The number of rotatable bonds is 2. The molecule has 0 aliphatic carbocycles. The molecule has 0 spiro atoms. The molecule has 4 heteroatoms. The van der Waals surface area contributed by atoms with Gasteiger partial charge in [-0.25, -0.2) is 0 Å². The highest BCUT2D eigenvalue weighted by molar-refractivity contribution is 5.74. The molecule has 0 N–H and O–H groups in total. The summed E-state index contributed by atoms with van der Waals surface area (Å²) in [7, 11) is 3.30. The molecular formula is C14H19NO3. The van der Waals surface area contributed by atoms with E-state index < -0.39 is 0 Å². The van der Waals surface area contributed by atoms with Gasteiger partial charge in [0.25, 0.3) is 0 Å². The summed E-state index contributed by atoms with van der Waals surface area (Å²) in [6.07, 6.45) is 0.840. The normalized spacial score (nSPS) is 18.2. The van der Waals surface area contributed by atoms with Crippen molar-refractivity contribution in [1.82, 2.24) is 4.90 Å². The largest absolute Gasteiger partial charge is 0.497 e. The van der Waals surface area contributed by atoms with E-state index in [-0.39, 0.29) is 11.9 Å². The fourth-order valence-corrected chi connectivity index (χ4v) is 2.64. The van der Waals surface area contributed by atoms with Gasteiger partial charge in [-0.15, -0.1) is 0 Å². The third-order valence-electron chi connectivity index (χ3n) is 3.57. The molecular weight excluding hydrogens is 230 g/mol. The lowest BCUT2D eigenvalue weighted by Gasteiger charge is -2.35. The van der Waals surface area contributed by atoms with Gasteiger partial charge in [0.2, 0.25) is 5.91 Å². The van der Waals surface area contributed by atoms with E-state index in [0.29, 0.717) is 0 Å². The van der Waals surface area contributed by atoms with Gasteiger partial charge in [0, 0.05) is 25.1 Å². The number of carbonyl (C=O) groups excluding carboxylic acids is 1. The molecule has 1 aromatic carbocycles. The first kappa shape index (κ1) is 12.7. The summed E-state index contributed by atoms with van der Waals surface area (Å²) in [5, 5.41) is 0. The van der Waals surface area contributed by atoms with Crippen molar-refractivity contribution < 1.29 is 14.3 Å². The minimum Gasteiger partial charge on any atom is -0.497 e. The molecule has 1 amide bonds. The van der Waals surface area contributed by atoms with E-state index in [1.807, 2.05) is 24.0 Å². The molecule has 1 atom stereocenters. The van der Waals surface area contributed by atoms with Crippen LogP contribution in [0.5, 0.6) is 11.5 Å². The quantitative estimate of drug-likeness (QED) is 0.806. The molecule has 1 aromatic rings. The lowest BCUT2D eigenvalue weighted by molar-refractivity contribution is -0.131. The molecule has 0 aromatic heterocycles. The van der Waals surface area contributed by atoms with Gasteiger partial charge in [-0.1, -0.05) is 0 Å². The Kier molecular flexibility index (Phi) is 3.45. The fourth-order valence-electron chi connectivity index (χ4n) is 2.64. The number of benzene rings is 1. The number of methoxy groups -OCH3 is 2. The Labute approximate surface area is 107 Å². The maximum Gasteiger partial charge on any atom is 0.219 e. The van der Waals surface area contributed by atoms with Gasteiger partial charge in [-0.05, 0) is 25.0 Å². The number of fused-ring (bicyclic) bond motifs is 1. The smallest absolute Gasteiger partial charge is 0.219 e. The van der Waals surface area contributed by atoms with E-state index in [9.17, 15) is 4.79 Å². The number of hydrogen-bond acceptors (Lipinski definition) is 3. The second-order valence-electron chi connectivity index (χ2n) is 4.54. The zero-order valence-electron chi connectivity index (χ0n) is 11.3. The van der Waals surface area contributed by atoms with E-state index >= 15 is 0 Å². The first-order chi connectivity index (χ1) is 8.58. The zero-order valence-corrected chi connectivity index (χ0v) is 11.3. The maximum absolute atomic E-state index is 11.6. The van der Waals surface area contributed by atoms with Crippen molar-refractivity contribution in [3.63, 3.8) is 0 Å². The van der Waals surface area contributed by atoms with Crippen LogP contribution >= 0.6 is 0 Å². The summed E-state index contributed by atoms with van der Waals surface area (Å²) in [6.45, 7) is 4.39. The number of hydrogen-bond donors (Lipinski definition) is 0. The Balaban J connectivity index is 2.49. The highest BCUT2D eigenvalue weighted by atomic mass is 16.5. The molecule has 0 saturated carbocycles. The molecule has 0 saturated heterocycles. The molecule has 2 rings (SSSR count). The molecule has 18 heavy (non-hydrogen) atoms. The van der Waals surface area contributed by atoms with Gasteiger partial charge >= 0.3 is 0 Å². The molecule has 1 aliphatic rings. The SMILES string of the molecule is COc1cc2c(c(OC)c1)C(C)N(C(C)=O)CC2. The van der Waals surface area contributed by atoms with Crippen LogP contribution in [0.3, 0.4) is 0 Å².